The zero-order chi connectivity index (χ0) is 11.0. The van der Waals surface area contributed by atoms with Gasteiger partial charge in [0, 0.05) is 6.07 Å². The molecule has 0 aliphatic rings. The van der Waals surface area contributed by atoms with Crippen molar-refractivity contribution < 1.29 is 8.78 Å². The van der Waals surface area contributed by atoms with E-state index in [2.05, 4.69) is 15.5 Å². The molecule has 0 bridgehead atoms. The zero-order valence-corrected chi connectivity index (χ0v) is 7.78. The van der Waals surface area contributed by atoms with Crippen LogP contribution >= 0.6 is 0 Å². The van der Waals surface area contributed by atoms with Crippen LogP contribution in [0.2, 0.25) is 0 Å². The molecule has 0 spiro atoms. The maximum atomic E-state index is 13.4. The summed E-state index contributed by atoms with van der Waals surface area (Å²) >= 11 is 0. The number of aryl methyl sites for hydroxylation is 1. The summed E-state index contributed by atoms with van der Waals surface area (Å²) in [6.45, 7) is 1.60. The van der Waals surface area contributed by atoms with Gasteiger partial charge >= 0.3 is 0 Å². The fourth-order valence-corrected chi connectivity index (χ4v) is 1.17. The molecule has 1 aromatic carbocycles. The number of halogens is 2. The van der Waals surface area contributed by atoms with Crippen molar-refractivity contribution >= 4 is 5.69 Å². The molecule has 5 nitrogen and oxygen atoms in total. The minimum Gasteiger partial charge on any atom is -0.396 e. The second-order valence-electron chi connectivity index (χ2n) is 2.96. The van der Waals surface area contributed by atoms with Crippen molar-refractivity contribution in [1.29, 1.82) is 0 Å². The van der Waals surface area contributed by atoms with Crippen LogP contribution in [0.15, 0.2) is 12.1 Å². The summed E-state index contributed by atoms with van der Waals surface area (Å²) in [5.41, 5.74) is 5.19. The van der Waals surface area contributed by atoms with E-state index in [1.165, 1.54) is 0 Å². The first-order chi connectivity index (χ1) is 7.09. The molecule has 7 heteroatoms. The molecule has 1 heterocycles. The van der Waals surface area contributed by atoms with Crippen molar-refractivity contribution in [2.75, 3.05) is 5.73 Å². The zero-order valence-electron chi connectivity index (χ0n) is 7.78. The van der Waals surface area contributed by atoms with Gasteiger partial charge in [-0.2, -0.15) is 4.68 Å². The Bertz CT molecular complexity index is 508. The standard InChI is InChI=1S/C8H7F2N5/c1-4-12-13-14-15(4)8-3-7(11)5(9)2-6(8)10/h2-3H,11H2,1H3. The van der Waals surface area contributed by atoms with Crippen LogP contribution in [-0.2, 0) is 0 Å². The molecule has 0 saturated carbocycles. The van der Waals surface area contributed by atoms with Gasteiger partial charge in [-0.1, -0.05) is 0 Å². The van der Waals surface area contributed by atoms with E-state index in [1.54, 1.807) is 6.92 Å². The molecule has 0 saturated heterocycles. The lowest BCUT2D eigenvalue weighted by molar-refractivity contribution is 0.573. The summed E-state index contributed by atoms with van der Waals surface area (Å²) in [5, 5.41) is 10.5. The van der Waals surface area contributed by atoms with E-state index >= 15 is 0 Å². The number of nitrogen functional groups attached to an aromatic ring is 1. The molecular formula is C8H7F2N5. The van der Waals surface area contributed by atoms with Crippen LogP contribution in [0, 0.1) is 18.6 Å². The molecule has 0 radical (unpaired) electrons. The Hall–Kier alpha value is -2.05. The second kappa shape index (κ2) is 3.26. The highest BCUT2D eigenvalue weighted by atomic mass is 19.1. The number of hydrogen-bond acceptors (Lipinski definition) is 4. The van der Waals surface area contributed by atoms with Crippen molar-refractivity contribution in [1.82, 2.24) is 20.2 Å². The number of anilines is 1. The summed E-state index contributed by atoms with van der Waals surface area (Å²) in [5.74, 6) is -1.18. The third-order valence-corrected chi connectivity index (χ3v) is 1.92. The SMILES string of the molecule is Cc1nnnn1-c1cc(N)c(F)cc1F. The minimum atomic E-state index is -0.804. The average molecular weight is 211 g/mol. The molecule has 0 atom stereocenters. The first-order valence-electron chi connectivity index (χ1n) is 4.09. The Labute approximate surface area is 83.5 Å². The fraction of sp³-hybridized carbons (Fsp3) is 0.125. The first-order valence-corrected chi connectivity index (χ1v) is 4.09. The Morgan fingerprint density at radius 1 is 1.27 bits per heavy atom. The maximum Gasteiger partial charge on any atom is 0.153 e. The molecular weight excluding hydrogens is 204 g/mol. The summed E-state index contributed by atoms with van der Waals surface area (Å²) < 4.78 is 27.4. The van der Waals surface area contributed by atoms with Crippen LogP contribution in [-0.4, -0.2) is 20.2 Å². The van der Waals surface area contributed by atoms with Gasteiger partial charge in [-0.15, -0.1) is 5.10 Å². The van der Waals surface area contributed by atoms with Crippen molar-refractivity contribution in [2.45, 2.75) is 6.92 Å². The van der Waals surface area contributed by atoms with Crippen LogP contribution in [0.3, 0.4) is 0 Å². The van der Waals surface area contributed by atoms with Gasteiger partial charge in [-0.25, -0.2) is 8.78 Å². The predicted molar refractivity (Wildman–Crippen MR) is 48.2 cm³/mol. The monoisotopic (exact) mass is 211 g/mol. The summed E-state index contributed by atoms with van der Waals surface area (Å²) in [7, 11) is 0. The van der Waals surface area contributed by atoms with E-state index in [1.807, 2.05) is 0 Å². The van der Waals surface area contributed by atoms with E-state index in [4.69, 9.17) is 5.73 Å². The van der Waals surface area contributed by atoms with Crippen LogP contribution < -0.4 is 5.73 Å². The highest BCUT2D eigenvalue weighted by Gasteiger charge is 2.12. The van der Waals surface area contributed by atoms with Crippen molar-refractivity contribution in [3.63, 3.8) is 0 Å². The Balaban J connectivity index is 2.64. The van der Waals surface area contributed by atoms with Gasteiger partial charge in [0.2, 0.25) is 0 Å². The van der Waals surface area contributed by atoms with Crippen molar-refractivity contribution in [3.05, 3.63) is 29.6 Å². The summed E-state index contributed by atoms with van der Waals surface area (Å²) in [4.78, 5) is 0. The molecule has 78 valence electrons. The molecule has 1 aromatic heterocycles. The Morgan fingerprint density at radius 2 is 2.00 bits per heavy atom. The molecule has 0 fully saturated rings. The fourth-order valence-electron chi connectivity index (χ4n) is 1.17. The summed E-state index contributed by atoms with van der Waals surface area (Å²) in [6, 6.07) is 1.85. The van der Waals surface area contributed by atoms with E-state index in [0.717, 1.165) is 10.7 Å². The largest absolute Gasteiger partial charge is 0.396 e. The smallest absolute Gasteiger partial charge is 0.153 e. The highest BCUT2D eigenvalue weighted by Crippen LogP contribution is 2.19. The van der Waals surface area contributed by atoms with Gasteiger partial charge < -0.3 is 5.73 Å². The van der Waals surface area contributed by atoms with Gasteiger partial charge in [0.25, 0.3) is 0 Å². The topological polar surface area (TPSA) is 69.6 Å². The third kappa shape index (κ3) is 1.51. The average Bonchev–Trinajstić information content (AvgIpc) is 2.58. The van der Waals surface area contributed by atoms with Gasteiger partial charge in [0.1, 0.15) is 11.5 Å². The number of nitrogens with two attached hydrogens (primary N) is 1. The van der Waals surface area contributed by atoms with Crippen LogP contribution in [0.5, 0.6) is 0 Å². The van der Waals surface area contributed by atoms with Gasteiger partial charge in [-0.3, -0.25) is 0 Å². The molecule has 15 heavy (non-hydrogen) atoms. The lowest BCUT2D eigenvalue weighted by Crippen LogP contribution is -2.05. The second-order valence-corrected chi connectivity index (χ2v) is 2.96. The van der Waals surface area contributed by atoms with Crippen LogP contribution in [0.25, 0.3) is 5.69 Å². The van der Waals surface area contributed by atoms with Gasteiger partial charge in [0.15, 0.2) is 11.6 Å². The quantitative estimate of drug-likeness (QED) is 0.709. The molecule has 0 aliphatic carbocycles. The molecule has 0 unspecified atom stereocenters. The minimum absolute atomic E-state index is 0.0244. The van der Waals surface area contributed by atoms with E-state index in [-0.39, 0.29) is 11.4 Å². The van der Waals surface area contributed by atoms with E-state index < -0.39 is 11.6 Å². The molecule has 2 N–H and O–H groups in total. The van der Waals surface area contributed by atoms with E-state index in [9.17, 15) is 8.78 Å². The lowest BCUT2D eigenvalue weighted by atomic mass is 10.2. The van der Waals surface area contributed by atoms with Gasteiger partial charge in [0.05, 0.1) is 5.69 Å². The van der Waals surface area contributed by atoms with Gasteiger partial charge in [-0.05, 0) is 23.4 Å². The third-order valence-electron chi connectivity index (χ3n) is 1.92. The Kier molecular flexibility index (Phi) is 2.07. The normalized spacial score (nSPS) is 10.6. The number of hydrogen-bond donors (Lipinski definition) is 1. The highest BCUT2D eigenvalue weighted by molar-refractivity contribution is 5.49. The lowest BCUT2D eigenvalue weighted by Gasteiger charge is -2.05. The molecule has 0 aliphatic heterocycles. The number of benzene rings is 1. The number of rotatable bonds is 1. The van der Waals surface area contributed by atoms with Crippen molar-refractivity contribution in [2.24, 2.45) is 0 Å². The molecule has 2 aromatic rings. The van der Waals surface area contributed by atoms with E-state index in [0.29, 0.717) is 11.9 Å². The Morgan fingerprint density at radius 3 is 2.60 bits per heavy atom. The number of aromatic nitrogens is 4. The van der Waals surface area contributed by atoms with Crippen LogP contribution in [0.4, 0.5) is 14.5 Å². The molecule has 0 amide bonds. The predicted octanol–water partition coefficient (Wildman–Crippen LogP) is 0.831. The maximum absolute atomic E-state index is 13.4. The van der Waals surface area contributed by atoms with Crippen molar-refractivity contribution in [3.8, 4) is 5.69 Å². The number of tetrazole rings is 1. The summed E-state index contributed by atoms with van der Waals surface area (Å²) in [6.07, 6.45) is 0. The van der Waals surface area contributed by atoms with Crippen LogP contribution in [0.1, 0.15) is 5.82 Å². The molecule has 2 rings (SSSR count). The number of nitrogens with zero attached hydrogens (tertiary/aromatic N) is 4. The first kappa shape index (κ1) is 9.50.